The zero-order chi connectivity index (χ0) is 14.3. The van der Waals surface area contributed by atoms with Gasteiger partial charge in [-0.3, -0.25) is 4.90 Å². The van der Waals surface area contributed by atoms with Gasteiger partial charge in [0.05, 0.1) is 0 Å². The fourth-order valence-electron chi connectivity index (χ4n) is 2.60. The van der Waals surface area contributed by atoms with Crippen molar-refractivity contribution in [2.24, 2.45) is 0 Å². The van der Waals surface area contributed by atoms with Crippen molar-refractivity contribution in [3.8, 4) is 16.9 Å². The van der Waals surface area contributed by atoms with Gasteiger partial charge < -0.3 is 10.1 Å². The molecular weight excluding hydrogens is 331 g/mol. The molecule has 0 bridgehead atoms. The van der Waals surface area contributed by atoms with Crippen LogP contribution in [-0.4, -0.2) is 44.2 Å². The van der Waals surface area contributed by atoms with Gasteiger partial charge in [-0.05, 0) is 23.3 Å². The summed E-state index contributed by atoms with van der Waals surface area (Å²) in [4.78, 5) is 2.44. The van der Waals surface area contributed by atoms with Gasteiger partial charge in [0.25, 0.3) is 0 Å². The Morgan fingerprint density at radius 1 is 0.826 bits per heavy atom. The monoisotopic (exact) mass is 354 g/mol. The molecule has 0 amide bonds. The molecule has 2 aromatic rings. The number of nitrogens with zero attached hydrogens (tertiary/aromatic N) is 1. The number of piperazine rings is 1. The Bertz CT molecular complexity index is 543. The Hall–Kier alpha value is -1.26. The first kappa shape index (κ1) is 19.8. The number of hydrogen-bond acceptors (Lipinski definition) is 3. The zero-order valence-electron chi connectivity index (χ0n) is 13.1. The molecule has 0 saturated carbocycles. The highest BCUT2D eigenvalue weighted by molar-refractivity contribution is 5.85. The van der Waals surface area contributed by atoms with E-state index in [0.717, 1.165) is 45.1 Å². The Morgan fingerprint density at radius 3 is 2.09 bits per heavy atom. The lowest BCUT2D eigenvalue weighted by atomic mass is 10.1. The van der Waals surface area contributed by atoms with Crippen molar-refractivity contribution >= 4 is 24.8 Å². The lowest BCUT2D eigenvalue weighted by Crippen LogP contribution is -2.44. The van der Waals surface area contributed by atoms with Crippen molar-refractivity contribution in [1.82, 2.24) is 10.2 Å². The molecule has 0 radical (unpaired) electrons. The molecule has 0 spiro atoms. The van der Waals surface area contributed by atoms with Crippen LogP contribution in [0.2, 0.25) is 0 Å². The van der Waals surface area contributed by atoms with Crippen LogP contribution in [0, 0.1) is 0 Å². The van der Waals surface area contributed by atoms with Gasteiger partial charge in [0.15, 0.2) is 0 Å². The molecule has 5 heteroatoms. The highest BCUT2D eigenvalue weighted by Gasteiger charge is 2.08. The predicted octanol–water partition coefficient (Wildman–Crippen LogP) is 3.48. The molecule has 0 unspecified atom stereocenters. The van der Waals surface area contributed by atoms with E-state index in [0.29, 0.717) is 0 Å². The van der Waals surface area contributed by atoms with E-state index >= 15 is 0 Å². The third kappa shape index (κ3) is 6.04. The normalized spacial score (nSPS) is 14.4. The fraction of sp³-hybridized carbons (Fsp3) is 0.333. The predicted molar refractivity (Wildman–Crippen MR) is 101 cm³/mol. The van der Waals surface area contributed by atoms with Crippen LogP contribution in [0.1, 0.15) is 0 Å². The highest BCUT2D eigenvalue weighted by atomic mass is 35.5. The average Bonchev–Trinajstić information content (AvgIpc) is 2.57. The summed E-state index contributed by atoms with van der Waals surface area (Å²) in [5.74, 6) is 0.949. The average molecular weight is 355 g/mol. The third-order valence-corrected chi connectivity index (χ3v) is 3.85. The Kier molecular flexibility index (Phi) is 9.03. The number of nitrogens with one attached hydrogen (secondary N) is 1. The van der Waals surface area contributed by atoms with Crippen LogP contribution in [0.3, 0.4) is 0 Å². The van der Waals surface area contributed by atoms with Gasteiger partial charge in [-0.2, -0.15) is 0 Å². The summed E-state index contributed by atoms with van der Waals surface area (Å²) in [6.07, 6.45) is 0. The summed E-state index contributed by atoms with van der Waals surface area (Å²) in [6, 6.07) is 18.8. The van der Waals surface area contributed by atoms with Gasteiger partial charge >= 0.3 is 0 Å². The SMILES string of the molecule is Cl.Cl.c1ccc(-c2ccc(OCCN3CCNCC3)cc2)cc1. The fourth-order valence-corrected chi connectivity index (χ4v) is 2.60. The summed E-state index contributed by atoms with van der Waals surface area (Å²) in [5.41, 5.74) is 2.47. The summed E-state index contributed by atoms with van der Waals surface area (Å²) in [7, 11) is 0. The van der Waals surface area contributed by atoms with Crippen molar-refractivity contribution in [3.63, 3.8) is 0 Å². The van der Waals surface area contributed by atoms with Gasteiger partial charge in [0, 0.05) is 32.7 Å². The Labute approximate surface area is 150 Å². The van der Waals surface area contributed by atoms with E-state index in [1.165, 1.54) is 11.1 Å². The smallest absolute Gasteiger partial charge is 0.119 e. The number of benzene rings is 2. The first-order valence-corrected chi connectivity index (χ1v) is 7.63. The van der Waals surface area contributed by atoms with Gasteiger partial charge in [-0.15, -0.1) is 24.8 Å². The maximum atomic E-state index is 5.84. The molecule has 1 N–H and O–H groups in total. The van der Waals surface area contributed by atoms with Crippen LogP contribution in [0.15, 0.2) is 54.6 Å². The van der Waals surface area contributed by atoms with Crippen LogP contribution >= 0.6 is 24.8 Å². The van der Waals surface area contributed by atoms with Gasteiger partial charge in [0.2, 0.25) is 0 Å². The topological polar surface area (TPSA) is 24.5 Å². The Morgan fingerprint density at radius 2 is 1.43 bits per heavy atom. The van der Waals surface area contributed by atoms with Crippen LogP contribution in [-0.2, 0) is 0 Å². The van der Waals surface area contributed by atoms with Crippen molar-refractivity contribution < 1.29 is 4.74 Å². The number of rotatable bonds is 5. The zero-order valence-corrected chi connectivity index (χ0v) is 14.7. The van der Waals surface area contributed by atoms with E-state index in [2.05, 4.69) is 58.7 Å². The number of ether oxygens (including phenoxy) is 1. The summed E-state index contributed by atoms with van der Waals surface area (Å²) < 4.78 is 5.84. The molecule has 126 valence electrons. The number of hydrogen-bond donors (Lipinski definition) is 1. The van der Waals surface area contributed by atoms with Crippen molar-refractivity contribution in [2.75, 3.05) is 39.3 Å². The van der Waals surface area contributed by atoms with Gasteiger partial charge in [0.1, 0.15) is 12.4 Å². The lowest BCUT2D eigenvalue weighted by molar-refractivity contribution is 0.191. The largest absolute Gasteiger partial charge is 0.492 e. The molecule has 1 fully saturated rings. The number of halogens is 2. The van der Waals surface area contributed by atoms with Gasteiger partial charge in [-0.25, -0.2) is 0 Å². The molecule has 0 atom stereocenters. The quantitative estimate of drug-likeness (QED) is 0.889. The molecule has 1 aliphatic rings. The summed E-state index contributed by atoms with van der Waals surface area (Å²) in [5, 5.41) is 3.36. The standard InChI is InChI=1S/C18H22N2O.2ClH/c1-2-4-16(5-3-1)17-6-8-18(9-7-17)21-15-14-20-12-10-19-11-13-20;;/h1-9,19H,10-15H2;2*1H. The molecule has 1 saturated heterocycles. The molecule has 3 rings (SSSR count). The highest BCUT2D eigenvalue weighted by Crippen LogP contribution is 2.21. The van der Waals surface area contributed by atoms with Crippen LogP contribution in [0.25, 0.3) is 11.1 Å². The minimum atomic E-state index is 0. The van der Waals surface area contributed by atoms with Gasteiger partial charge in [-0.1, -0.05) is 42.5 Å². The molecule has 1 heterocycles. The van der Waals surface area contributed by atoms with Crippen molar-refractivity contribution in [3.05, 3.63) is 54.6 Å². The Balaban J connectivity index is 0.00000132. The molecule has 0 aromatic heterocycles. The summed E-state index contributed by atoms with van der Waals surface area (Å²) in [6.45, 7) is 6.18. The lowest BCUT2D eigenvalue weighted by Gasteiger charge is -2.26. The van der Waals surface area contributed by atoms with Crippen LogP contribution < -0.4 is 10.1 Å². The van der Waals surface area contributed by atoms with Crippen molar-refractivity contribution in [1.29, 1.82) is 0 Å². The first-order chi connectivity index (χ1) is 10.4. The second-order valence-corrected chi connectivity index (χ2v) is 5.33. The maximum absolute atomic E-state index is 5.84. The minimum Gasteiger partial charge on any atom is -0.492 e. The second-order valence-electron chi connectivity index (χ2n) is 5.33. The van der Waals surface area contributed by atoms with E-state index in [-0.39, 0.29) is 24.8 Å². The molecule has 0 aliphatic carbocycles. The van der Waals surface area contributed by atoms with E-state index in [9.17, 15) is 0 Å². The molecule has 2 aromatic carbocycles. The maximum Gasteiger partial charge on any atom is 0.119 e. The van der Waals surface area contributed by atoms with E-state index in [1.807, 2.05) is 6.07 Å². The summed E-state index contributed by atoms with van der Waals surface area (Å²) >= 11 is 0. The minimum absolute atomic E-state index is 0. The third-order valence-electron chi connectivity index (χ3n) is 3.85. The van der Waals surface area contributed by atoms with Crippen LogP contribution in [0.5, 0.6) is 5.75 Å². The van der Waals surface area contributed by atoms with E-state index in [4.69, 9.17) is 4.74 Å². The molecule has 23 heavy (non-hydrogen) atoms. The van der Waals surface area contributed by atoms with Crippen LogP contribution in [0.4, 0.5) is 0 Å². The second kappa shape index (κ2) is 10.5. The van der Waals surface area contributed by atoms with E-state index in [1.54, 1.807) is 0 Å². The molecular formula is C18H24Cl2N2O. The van der Waals surface area contributed by atoms with Crippen molar-refractivity contribution in [2.45, 2.75) is 0 Å². The first-order valence-electron chi connectivity index (χ1n) is 7.63. The van der Waals surface area contributed by atoms with E-state index < -0.39 is 0 Å². The molecule has 3 nitrogen and oxygen atoms in total. The molecule has 1 aliphatic heterocycles.